The Hall–Kier alpha value is -2.02. The molecule has 0 aliphatic rings. The average molecular weight is 535 g/mol. The van der Waals surface area contributed by atoms with E-state index in [4.69, 9.17) is 14.2 Å². The summed E-state index contributed by atoms with van der Waals surface area (Å²) < 4.78 is 18.5. The number of hydrogen-bond acceptors (Lipinski definition) is 4. The fourth-order valence-electron chi connectivity index (χ4n) is 3.08. The summed E-state index contributed by atoms with van der Waals surface area (Å²) in [6.07, 6.45) is 0.904. The molecule has 3 aromatic rings. The summed E-state index contributed by atoms with van der Waals surface area (Å²) in [6, 6.07) is 20.3. The zero-order chi connectivity index (χ0) is 21.3. The van der Waals surface area contributed by atoms with Crippen molar-refractivity contribution in [2.45, 2.75) is 19.6 Å². The lowest BCUT2D eigenvalue weighted by atomic mass is 10.1. The Balaban J connectivity index is 1.52. The zero-order valence-electron chi connectivity index (χ0n) is 17.1. The van der Waals surface area contributed by atoms with Gasteiger partial charge in [-0.2, -0.15) is 0 Å². The van der Waals surface area contributed by atoms with Crippen LogP contribution >= 0.6 is 31.9 Å². The Bertz CT molecular complexity index is 941. The second kappa shape index (κ2) is 11.4. The molecule has 0 radical (unpaired) electrons. The summed E-state index contributed by atoms with van der Waals surface area (Å²) in [6.45, 7) is 2.15. The Morgan fingerprint density at radius 2 is 1.47 bits per heavy atom. The van der Waals surface area contributed by atoms with Gasteiger partial charge in [-0.05, 0) is 85.8 Å². The topological polar surface area (TPSA) is 39.7 Å². The molecule has 0 unspecified atom stereocenters. The molecule has 0 aromatic heterocycles. The van der Waals surface area contributed by atoms with Crippen LogP contribution in [0.2, 0.25) is 0 Å². The Labute approximate surface area is 194 Å². The summed E-state index contributed by atoms with van der Waals surface area (Å²) in [5, 5.41) is 3.49. The molecule has 3 aromatic carbocycles. The lowest BCUT2D eigenvalue weighted by Crippen LogP contribution is -2.16. The van der Waals surface area contributed by atoms with Gasteiger partial charge in [-0.3, -0.25) is 0 Å². The molecule has 0 amide bonds. The first-order valence-corrected chi connectivity index (χ1v) is 11.3. The number of nitrogens with one attached hydrogen (secondary N) is 1. The van der Waals surface area contributed by atoms with Crippen molar-refractivity contribution >= 4 is 31.9 Å². The van der Waals surface area contributed by atoms with Crippen LogP contribution in [0.15, 0.2) is 69.6 Å². The van der Waals surface area contributed by atoms with Gasteiger partial charge in [-0.25, -0.2) is 0 Å². The second-order valence-electron chi connectivity index (χ2n) is 6.78. The van der Waals surface area contributed by atoms with Gasteiger partial charge in [-0.1, -0.05) is 36.4 Å². The Morgan fingerprint density at radius 3 is 2.13 bits per heavy atom. The van der Waals surface area contributed by atoms with Crippen molar-refractivity contribution in [1.82, 2.24) is 5.32 Å². The third kappa shape index (κ3) is 6.24. The molecule has 158 valence electrons. The van der Waals surface area contributed by atoms with Crippen LogP contribution < -0.4 is 19.5 Å². The molecule has 1 N–H and O–H groups in total. The van der Waals surface area contributed by atoms with Crippen molar-refractivity contribution in [3.05, 3.63) is 86.3 Å². The van der Waals surface area contributed by atoms with E-state index in [0.29, 0.717) is 6.61 Å². The van der Waals surface area contributed by atoms with Crippen LogP contribution in [0.25, 0.3) is 0 Å². The minimum absolute atomic E-state index is 0.529. The number of rotatable bonds is 10. The van der Waals surface area contributed by atoms with Crippen LogP contribution in [-0.4, -0.2) is 20.8 Å². The van der Waals surface area contributed by atoms with E-state index < -0.39 is 0 Å². The number of benzene rings is 3. The Kier molecular flexibility index (Phi) is 8.61. The molecule has 0 saturated carbocycles. The van der Waals surface area contributed by atoms with E-state index in [2.05, 4.69) is 67.5 Å². The van der Waals surface area contributed by atoms with Gasteiger partial charge < -0.3 is 19.5 Å². The van der Waals surface area contributed by atoms with E-state index in [-0.39, 0.29) is 0 Å². The fourth-order valence-corrected chi connectivity index (χ4v) is 4.59. The maximum Gasteiger partial charge on any atom is 0.160 e. The van der Waals surface area contributed by atoms with E-state index >= 15 is 0 Å². The van der Waals surface area contributed by atoms with Gasteiger partial charge in [-0.15, -0.1) is 0 Å². The van der Waals surface area contributed by atoms with Crippen LogP contribution in [0.1, 0.15) is 16.7 Å². The summed E-state index contributed by atoms with van der Waals surface area (Å²) >= 11 is 7.28. The first-order valence-electron chi connectivity index (χ1n) is 9.67. The molecule has 0 fully saturated rings. The molecule has 6 heteroatoms. The molecule has 3 rings (SSSR count). The van der Waals surface area contributed by atoms with Crippen LogP contribution in [0.3, 0.4) is 0 Å². The average Bonchev–Trinajstić information content (AvgIpc) is 2.76. The predicted octanol–water partition coefficient (Wildman–Crippen LogP) is 6.14. The molecule has 0 aliphatic heterocycles. The normalized spacial score (nSPS) is 10.7. The third-order valence-electron chi connectivity index (χ3n) is 4.65. The number of halogens is 2. The zero-order valence-corrected chi connectivity index (χ0v) is 20.3. The third-order valence-corrected chi connectivity index (χ3v) is 5.83. The molecular weight excluding hydrogens is 510 g/mol. The molecule has 0 saturated heterocycles. The number of methoxy groups -OCH3 is 2. The highest BCUT2D eigenvalue weighted by Crippen LogP contribution is 2.35. The maximum atomic E-state index is 6.00. The molecular formula is C24H25Br2NO3. The van der Waals surface area contributed by atoms with Crippen LogP contribution in [0.5, 0.6) is 17.2 Å². The van der Waals surface area contributed by atoms with Crippen molar-refractivity contribution in [3.8, 4) is 17.2 Å². The van der Waals surface area contributed by atoms with Crippen LogP contribution in [0.4, 0.5) is 0 Å². The standard InChI is InChI=1S/C24H25Br2NO3/c1-28-22-9-8-17(14-23(22)29-2)10-11-27-15-19-12-20(25)24(21(26)13-19)30-16-18-6-4-3-5-7-18/h3-9,12-14,27H,10-11,15-16H2,1-2H3. The van der Waals surface area contributed by atoms with Gasteiger partial charge in [0.25, 0.3) is 0 Å². The van der Waals surface area contributed by atoms with Gasteiger partial charge in [0.2, 0.25) is 0 Å². The lowest BCUT2D eigenvalue weighted by molar-refractivity contribution is 0.302. The van der Waals surface area contributed by atoms with E-state index in [1.54, 1.807) is 14.2 Å². The SMILES string of the molecule is COc1ccc(CCNCc2cc(Br)c(OCc3ccccc3)c(Br)c2)cc1OC. The summed E-state index contributed by atoms with van der Waals surface area (Å²) in [7, 11) is 3.30. The Morgan fingerprint density at radius 1 is 0.767 bits per heavy atom. The fraction of sp³-hybridized carbons (Fsp3) is 0.250. The largest absolute Gasteiger partial charge is 0.493 e. The van der Waals surface area contributed by atoms with Gasteiger partial charge >= 0.3 is 0 Å². The summed E-state index contributed by atoms with van der Waals surface area (Å²) in [4.78, 5) is 0. The second-order valence-corrected chi connectivity index (χ2v) is 8.49. The monoisotopic (exact) mass is 533 g/mol. The van der Waals surface area contributed by atoms with Crippen molar-refractivity contribution in [1.29, 1.82) is 0 Å². The van der Waals surface area contributed by atoms with Gasteiger partial charge in [0, 0.05) is 6.54 Å². The van der Waals surface area contributed by atoms with Crippen molar-refractivity contribution in [3.63, 3.8) is 0 Å². The lowest BCUT2D eigenvalue weighted by Gasteiger charge is -2.13. The minimum atomic E-state index is 0.529. The number of ether oxygens (including phenoxy) is 3. The van der Waals surface area contributed by atoms with Crippen molar-refractivity contribution in [2.24, 2.45) is 0 Å². The first kappa shape index (κ1) is 22.7. The van der Waals surface area contributed by atoms with Crippen molar-refractivity contribution in [2.75, 3.05) is 20.8 Å². The molecule has 30 heavy (non-hydrogen) atoms. The molecule has 0 heterocycles. The molecule has 0 aliphatic carbocycles. The van der Waals surface area contributed by atoms with Crippen molar-refractivity contribution < 1.29 is 14.2 Å². The van der Waals surface area contributed by atoms with Gasteiger partial charge in [0.15, 0.2) is 11.5 Å². The van der Waals surface area contributed by atoms with E-state index in [1.165, 1.54) is 11.1 Å². The minimum Gasteiger partial charge on any atom is -0.493 e. The van der Waals surface area contributed by atoms with Gasteiger partial charge in [0.05, 0.1) is 23.2 Å². The number of hydrogen-bond donors (Lipinski definition) is 1. The van der Waals surface area contributed by atoms with E-state index in [9.17, 15) is 0 Å². The molecule has 0 spiro atoms. The highest BCUT2D eigenvalue weighted by molar-refractivity contribution is 9.11. The highest BCUT2D eigenvalue weighted by Gasteiger charge is 2.10. The van der Waals surface area contributed by atoms with E-state index in [0.717, 1.165) is 51.3 Å². The quantitative estimate of drug-likeness (QED) is 0.317. The maximum absolute atomic E-state index is 6.00. The van der Waals surface area contributed by atoms with E-state index in [1.807, 2.05) is 30.3 Å². The predicted molar refractivity (Wildman–Crippen MR) is 128 cm³/mol. The molecule has 0 bridgehead atoms. The molecule has 4 nitrogen and oxygen atoms in total. The van der Waals surface area contributed by atoms with Crippen LogP contribution in [0, 0.1) is 0 Å². The molecule has 0 atom stereocenters. The summed E-state index contributed by atoms with van der Waals surface area (Å²) in [5.74, 6) is 2.32. The smallest absolute Gasteiger partial charge is 0.160 e. The van der Waals surface area contributed by atoms with Crippen LogP contribution in [-0.2, 0) is 19.6 Å². The first-order chi connectivity index (χ1) is 14.6. The highest BCUT2D eigenvalue weighted by atomic mass is 79.9. The van der Waals surface area contributed by atoms with Gasteiger partial charge in [0.1, 0.15) is 12.4 Å². The summed E-state index contributed by atoms with van der Waals surface area (Å²) in [5.41, 5.74) is 3.51.